The predicted octanol–water partition coefficient (Wildman–Crippen LogP) is 9.22. The SMILES string of the molecule is CCCCCC/C=C/CC/C=C/C(O)C(COC1OC(CO)C(OC2OC(CO)C(OC3OC(CO)C(O)C(O)C3O)C(O)C2O)C(O)C1O)NC(=O)CCCCCCCCCCCCCCCCCCCCCCC/C=C\CCCCCCCCCC. The molecule has 516 valence electrons. The van der Waals surface area contributed by atoms with Crippen molar-refractivity contribution in [2.45, 2.75) is 369 Å². The second-order valence-electron chi connectivity index (χ2n) is 25.3. The average Bonchev–Trinajstić information content (AvgIpc) is 1.86. The molecular formula is C69H127NO18. The van der Waals surface area contributed by atoms with Crippen molar-refractivity contribution in [1.82, 2.24) is 5.32 Å². The highest BCUT2D eigenvalue weighted by Crippen LogP contribution is 2.33. The van der Waals surface area contributed by atoms with Gasteiger partial charge in [0.25, 0.3) is 0 Å². The first kappa shape index (κ1) is 80.2. The van der Waals surface area contributed by atoms with Gasteiger partial charge in [0.15, 0.2) is 18.9 Å². The first-order valence-electron chi connectivity index (χ1n) is 35.2. The van der Waals surface area contributed by atoms with Crippen molar-refractivity contribution in [3.8, 4) is 0 Å². The number of nitrogens with one attached hydrogen (secondary N) is 1. The van der Waals surface area contributed by atoms with Crippen molar-refractivity contribution in [2.75, 3.05) is 26.4 Å². The molecule has 0 saturated carbocycles. The Balaban J connectivity index is 1.32. The van der Waals surface area contributed by atoms with Crippen LogP contribution in [0.4, 0.5) is 0 Å². The van der Waals surface area contributed by atoms with Gasteiger partial charge in [0.05, 0.1) is 38.6 Å². The van der Waals surface area contributed by atoms with E-state index in [2.05, 4.69) is 43.5 Å². The summed E-state index contributed by atoms with van der Waals surface area (Å²) in [5.41, 5.74) is 0. The van der Waals surface area contributed by atoms with E-state index in [-0.39, 0.29) is 18.9 Å². The molecule has 3 aliphatic rings. The zero-order valence-electron chi connectivity index (χ0n) is 54.5. The van der Waals surface area contributed by atoms with E-state index in [9.17, 15) is 61.0 Å². The van der Waals surface area contributed by atoms with Crippen LogP contribution in [0.25, 0.3) is 0 Å². The second-order valence-corrected chi connectivity index (χ2v) is 25.3. The quantitative estimate of drug-likeness (QED) is 0.0199. The summed E-state index contributed by atoms with van der Waals surface area (Å²) in [6.07, 6.45) is 33.2. The molecule has 3 heterocycles. The van der Waals surface area contributed by atoms with Crippen molar-refractivity contribution in [2.24, 2.45) is 0 Å². The van der Waals surface area contributed by atoms with Gasteiger partial charge in [-0.25, -0.2) is 0 Å². The highest BCUT2D eigenvalue weighted by atomic mass is 16.8. The zero-order valence-corrected chi connectivity index (χ0v) is 54.5. The maximum atomic E-state index is 13.3. The summed E-state index contributed by atoms with van der Waals surface area (Å²) in [5.74, 6) is -0.284. The third-order valence-electron chi connectivity index (χ3n) is 17.7. The summed E-state index contributed by atoms with van der Waals surface area (Å²) in [6.45, 7) is 1.68. The van der Waals surface area contributed by atoms with Crippen molar-refractivity contribution >= 4 is 5.91 Å². The first-order valence-corrected chi connectivity index (χ1v) is 35.2. The summed E-state index contributed by atoms with van der Waals surface area (Å²) in [6, 6.07) is -0.986. The molecule has 17 atom stereocenters. The fourth-order valence-corrected chi connectivity index (χ4v) is 11.9. The average molecular weight is 1260 g/mol. The highest BCUT2D eigenvalue weighted by molar-refractivity contribution is 5.76. The topological polar surface area (TPSA) is 307 Å². The van der Waals surface area contributed by atoms with E-state index < -0.39 is 124 Å². The smallest absolute Gasteiger partial charge is 0.220 e. The number of carbonyl (C=O) groups is 1. The summed E-state index contributed by atoms with van der Waals surface area (Å²) in [4.78, 5) is 13.3. The predicted molar refractivity (Wildman–Crippen MR) is 342 cm³/mol. The largest absolute Gasteiger partial charge is 0.394 e. The maximum Gasteiger partial charge on any atom is 0.220 e. The number of carbonyl (C=O) groups excluding carboxylic acids is 1. The van der Waals surface area contributed by atoms with Gasteiger partial charge >= 0.3 is 0 Å². The molecule has 0 bridgehead atoms. The summed E-state index contributed by atoms with van der Waals surface area (Å²) in [5, 5.41) is 120. The number of amides is 1. The normalized spacial score (nSPS) is 28.6. The molecule has 88 heavy (non-hydrogen) atoms. The van der Waals surface area contributed by atoms with Crippen LogP contribution < -0.4 is 5.32 Å². The molecule has 0 aromatic carbocycles. The van der Waals surface area contributed by atoms with Crippen molar-refractivity contribution < 1.29 is 89.4 Å². The molecule has 0 aliphatic carbocycles. The number of hydrogen-bond acceptors (Lipinski definition) is 18. The molecular weight excluding hydrogens is 1130 g/mol. The Bertz CT molecular complexity index is 1740. The zero-order chi connectivity index (χ0) is 64.0. The lowest BCUT2D eigenvalue weighted by Crippen LogP contribution is -2.66. The van der Waals surface area contributed by atoms with Gasteiger partial charge in [0, 0.05) is 6.42 Å². The summed E-state index contributed by atoms with van der Waals surface area (Å²) in [7, 11) is 0. The Labute approximate surface area is 530 Å². The lowest BCUT2D eigenvalue weighted by molar-refractivity contribution is -0.379. The van der Waals surface area contributed by atoms with Gasteiger partial charge in [0.1, 0.15) is 73.2 Å². The number of aliphatic hydroxyl groups excluding tert-OH is 11. The van der Waals surface area contributed by atoms with Gasteiger partial charge in [0.2, 0.25) is 5.91 Å². The van der Waals surface area contributed by atoms with Crippen LogP contribution in [-0.4, -0.2) is 193 Å². The van der Waals surface area contributed by atoms with Crippen LogP contribution in [0.2, 0.25) is 0 Å². The summed E-state index contributed by atoms with van der Waals surface area (Å²) < 4.78 is 34.2. The number of ether oxygens (including phenoxy) is 6. The van der Waals surface area contributed by atoms with Gasteiger partial charge in [-0.3, -0.25) is 4.79 Å². The van der Waals surface area contributed by atoms with E-state index in [1.807, 2.05) is 6.08 Å². The molecule has 3 fully saturated rings. The molecule has 3 rings (SSSR count). The van der Waals surface area contributed by atoms with E-state index in [1.165, 1.54) is 193 Å². The highest BCUT2D eigenvalue weighted by Gasteiger charge is 2.53. The van der Waals surface area contributed by atoms with Gasteiger partial charge in [-0.15, -0.1) is 0 Å². The van der Waals surface area contributed by atoms with Crippen LogP contribution >= 0.6 is 0 Å². The Hall–Kier alpha value is -1.99. The molecule has 17 unspecified atom stereocenters. The lowest BCUT2D eigenvalue weighted by Gasteiger charge is -2.48. The van der Waals surface area contributed by atoms with Crippen molar-refractivity contribution in [1.29, 1.82) is 0 Å². The second kappa shape index (κ2) is 51.4. The minimum absolute atomic E-state index is 0.238. The monoisotopic (exact) mass is 1260 g/mol. The van der Waals surface area contributed by atoms with Gasteiger partial charge in [-0.1, -0.05) is 237 Å². The lowest BCUT2D eigenvalue weighted by atomic mass is 9.96. The van der Waals surface area contributed by atoms with Gasteiger partial charge in [-0.05, 0) is 57.8 Å². The third-order valence-corrected chi connectivity index (χ3v) is 17.7. The maximum absolute atomic E-state index is 13.3. The number of hydrogen-bond donors (Lipinski definition) is 12. The Morgan fingerprint density at radius 3 is 1.15 bits per heavy atom. The molecule has 19 nitrogen and oxygen atoms in total. The van der Waals surface area contributed by atoms with Crippen LogP contribution in [0.15, 0.2) is 36.5 Å². The van der Waals surface area contributed by atoms with E-state index >= 15 is 0 Å². The molecule has 0 radical (unpaired) electrons. The molecule has 0 aromatic heterocycles. The molecule has 3 saturated heterocycles. The fourth-order valence-electron chi connectivity index (χ4n) is 11.9. The third kappa shape index (κ3) is 33.2. The van der Waals surface area contributed by atoms with Crippen LogP contribution in [0.3, 0.4) is 0 Å². The van der Waals surface area contributed by atoms with E-state index in [4.69, 9.17) is 28.4 Å². The molecule has 19 heteroatoms. The minimum Gasteiger partial charge on any atom is -0.394 e. The molecule has 1 amide bonds. The van der Waals surface area contributed by atoms with Gasteiger partial charge in [-0.2, -0.15) is 0 Å². The Kier molecular flexibility index (Phi) is 46.9. The Morgan fingerprint density at radius 1 is 0.398 bits per heavy atom. The van der Waals surface area contributed by atoms with E-state index in [1.54, 1.807) is 6.08 Å². The van der Waals surface area contributed by atoms with Crippen LogP contribution in [-0.2, 0) is 33.2 Å². The molecule has 0 aromatic rings. The van der Waals surface area contributed by atoms with Crippen LogP contribution in [0, 0.1) is 0 Å². The van der Waals surface area contributed by atoms with Gasteiger partial charge < -0.3 is 89.9 Å². The molecule has 0 spiro atoms. The number of aliphatic hydroxyl groups is 11. The minimum atomic E-state index is -1.98. The summed E-state index contributed by atoms with van der Waals surface area (Å²) >= 11 is 0. The molecule has 3 aliphatic heterocycles. The van der Waals surface area contributed by atoms with Crippen molar-refractivity contribution in [3.63, 3.8) is 0 Å². The molecule has 12 N–H and O–H groups in total. The van der Waals surface area contributed by atoms with Crippen molar-refractivity contribution in [3.05, 3.63) is 36.5 Å². The number of unbranched alkanes of at least 4 members (excludes halogenated alkanes) is 34. The number of allylic oxidation sites excluding steroid dienone is 5. The van der Waals surface area contributed by atoms with Crippen LogP contribution in [0.5, 0.6) is 0 Å². The first-order chi connectivity index (χ1) is 42.8. The van der Waals surface area contributed by atoms with Crippen LogP contribution in [0.1, 0.15) is 264 Å². The Morgan fingerprint density at radius 2 is 0.727 bits per heavy atom. The standard InChI is InChI=1S/C69H127NO18/c1-3-5-7-9-11-13-15-16-17-18-19-20-21-22-23-24-25-26-27-28-29-30-31-32-33-34-35-36-37-39-41-43-45-47-57(75)70-52(53(74)46-44-42-40-38-14-12-10-8-6-4-2)51-83-67-63(81)60(78)65(55(49-72)85-67)88-69-64(82)61(79)66(56(50-73)86-69)87-68-62(80)59(77)58(76)54(48-71)84-68/h14,18-19,38,44,46,52-56,58-69,71-74,76-82H,3-13,15-17,20-37,39-43,45,47-51H2,1-2H3,(H,70,75)/b19-18-,38-14+,46-44+. The number of rotatable bonds is 54. The fraction of sp³-hybridized carbons (Fsp3) is 0.899. The van der Waals surface area contributed by atoms with E-state index in [0.29, 0.717) is 12.8 Å². The van der Waals surface area contributed by atoms with E-state index in [0.717, 1.165) is 38.5 Å².